The van der Waals surface area contributed by atoms with Gasteiger partial charge in [-0.2, -0.15) is 0 Å². The molecule has 4 rings (SSSR count). The van der Waals surface area contributed by atoms with E-state index in [1.807, 2.05) is 29.2 Å². The minimum Gasteiger partial charge on any atom is -0.497 e. The van der Waals surface area contributed by atoms with Crippen LogP contribution in [0.3, 0.4) is 0 Å². The van der Waals surface area contributed by atoms with E-state index in [0.717, 1.165) is 16.7 Å². The first-order chi connectivity index (χ1) is 14.0. The lowest BCUT2D eigenvalue weighted by atomic mass is 10.2. The number of carbonyl (C=O) groups is 2. The summed E-state index contributed by atoms with van der Waals surface area (Å²) in [6.07, 6.45) is 0. The smallest absolute Gasteiger partial charge is 0.270 e. The van der Waals surface area contributed by atoms with Gasteiger partial charge >= 0.3 is 0 Å². The second-order valence-corrected chi connectivity index (χ2v) is 7.08. The van der Waals surface area contributed by atoms with E-state index < -0.39 is 0 Å². The number of nitrogens with one attached hydrogen (secondary N) is 2. The van der Waals surface area contributed by atoms with Gasteiger partial charge in [-0.05, 0) is 25.1 Å². The number of benzene rings is 1. The van der Waals surface area contributed by atoms with E-state index >= 15 is 0 Å². The quantitative estimate of drug-likeness (QED) is 0.681. The standard InChI is InChI=1S/C20H23N5O4/c1-13-9-18(23-29-13)22-19(26)12-24-5-7-25(8-6-24)20(27)17-10-14-3-4-15(28-2)11-16(14)21-17/h3-4,9-11,21H,5-8,12H2,1-2H3,(H,22,23,26). The predicted octanol–water partition coefficient (Wildman–Crippen LogP) is 1.87. The molecule has 3 heterocycles. The molecular formula is C20H23N5O4. The number of rotatable bonds is 5. The lowest BCUT2D eigenvalue weighted by Gasteiger charge is -2.34. The minimum absolute atomic E-state index is 0.0395. The van der Waals surface area contributed by atoms with Gasteiger partial charge in [0, 0.05) is 49.2 Å². The second kappa shape index (κ2) is 7.96. The predicted molar refractivity (Wildman–Crippen MR) is 107 cm³/mol. The first-order valence-electron chi connectivity index (χ1n) is 9.43. The van der Waals surface area contributed by atoms with E-state index in [4.69, 9.17) is 9.26 Å². The molecule has 2 aromatic heterocycles. The van der Waals surface area contributed by atoms with Gasteiger partial charge in [0.15, 0.2) is 5.82 Å². The number of aryl methyl sites for hydroxylation is 1. The number of amides is 2. The number of piperazine rings is 1. The van der Waals surface area contributed by atoms with Crippen molar-refractivity contribution in [2.75, 3.05) is 45.2 Å². The molecule has 1 fully saturated rings. The van der Waals surface area contributed by atoms with Crippen molar-refractivity contribution >= 4 is 28.5 Å². The van der Waals surface area contributed by atoms with Crippen LogP contribution in [-0.2, 0) is 4.79 Å². The molecule has 0 aliphatic carbocycles. The summed E-state index contributed by atoms with van der Waals surface area (Å²) in [4.78, 5) is 32.0. The fourth-order valence-electron chi connectivity index (χ4n) is 3.44. The first kappa shape index (κ1) is 19.0. The van der Waals surface area contributed by atoms with Crippen LogP contribution in [0.5, 0.6) is 5.75 Å². The third-order valence-corrected chi connectivity index (χ3v) is 4.98. The van der Waals surface area contributed by atoms with Gasteiger partial charge in [-0.3, -0.25) is 14.5 Å². The number of H-pyrrole nitrogens is 1. The van der Waals surface area contributed by atoms with Crippen LogP contribution in [0.1, 0.15) is 16.2 Å². The molecule has 152 valence electrons. The van der Waals surface area contributed by atoms with Crippen molar-refractivity contribution in [3.63, 3.8) is 0 Å². The summed E-state index contributed by atoms with van der Waals surface area (Å²) in [5, 5.41) is 7.43. The maximum absolute atomic E-state index is 12.8. The number of hydrogen-bond acceptors (Lipinski definition) is 6. The van der Waals surface area contributed by atoms with Crippen LogP contribution < -0.4 is 10.1 Å². The van der Waals surface area contributed by atoms with Gasteiger partial charge in [0.05, 0.1) is 13.7 Å². The van der Waals surface area contributed by atoms with Crippen molar-refractivity contribution in [2.45, 2.75) is 6.92 Å². The molecule has 0 saturated carbocycles. The van der Waals surface area contributed by atoms with Gasteiger partial charge in [-0.15, -0.1) is 0 Å². The van der Waals surface area contributed by atoms with Gasteiger partial charge in [-0.25, -0.2) is 0 Å². The van der Waals surface area contributed by atoms with Crippen molar-refractivity contribution in [3.8, 4) is 5.75 Å². The van der Waals surface area contributed by atoms with Crippen LogP contribution in [0.4, 0.5) is 5.82 Å². The first-order valence-corrected chi connectivity index (χ1v) is 9.43. The average molecular weight is 397 g/mol. The highest BCUT2D eigenvalue weighted by molar-refractivity contribution is 5.98. The highest BCUT2D eigenvalue weighted by Crippen LogP contribution is 2.22. The van der Waals surface area contributed by atoms with Crippen molar-refractivity contribution < 1.29 is 18.8 Å². The Balaban J connectivity index is 1.32. The number of nitrogens with zero attached hydrogens (tertiary/aromatic N) is 3. The zero-order valence-corrected chi connectivity index (χ0v) is 16.4. The van der Waals surface area contributed by atoms with E-state index in [1.54, 1.807) is 25.0 Å². The van der Waals surface area contributed by atoms with Crippen LogP contribution >= 0.6 is 0 Å². The molecule has 0 atom stereocenters. The van der Waals surface area contributed by atoms with E-state index in [1.165, 1.54) is 0 Å². The third-order valence-electron chi connectivity index (χ3n) is 4.98. The number of ether oxygens (including phenoxy) is 1. The van der Waals surface area contributed by atoms with Gasteiger partial charge in [0.2, 0.25) is 5.91 Å². The van der Waals surface area contributed by atoms with E-state index in [2.05, 4.69) is 15.5 Å². The summed E-state index contributed by atoms with van der Waals surface area (Å²) >= 11 is 0. The maximum atomic E-state index is 12.8. The molecule has 1 saturated heterocycles. The number of anilines is 1. The van der Waals surface area contributed by atoms with Crippen LogP contribution in [0, 0.1) is 6.92 Å². The Kier molecular flexibility index (Phi) is 5.22. The third kappa shape index (κ3) is 4.24. The van der Waals surface area contributed by atoms with E-state index in [0.29, 0.717) is 43.5 Å². The maximum Gasteiger partial charge on any atom is 0.270 e. The molecule has 0 radical (unpaired) electrons. The monoisotopic (exact) mass is 397 g/mol. The highest BCUT2D eigenvalue weighted by Gasteiger charge is 2.24. The van der Waals surface area contributed by atoms with Crippen molar-refractivity contribution in [1.82, 2.24) is 19.9 Å². The Labute approximate surface area is 167 Å². The van der Waals surface area contributed by atoms with Crippen molar-refractivity contribution in [3.05, 3.63) is 41.8 Å². The molecule has 0 bridgehead atoms. The van der Waals surface area contributed by atoms with Crippen molar-refractivity contribution in [2.24, 2.45) is 0 Å². The molecule has 1 aromatic carbocycles. The van der Waals surface area contributed by atoms with Crippen LogP contribution in [0.2, 0.25) is 0 Å². The Morgan fingerprint density at radius 3 is 2.69 bits per heavy atom. The number of hydrogen-bond donors (Lipinski definition) is 2. The number of aromatic amines is 1. The molecule has 9 nitrogen and oxygen atoms in total. The topological polar surface area (TPSA) is 104 Å². The molecule has 3 aromatic rings. The van der Waals surface area contributed by atoms with Gasteiger partial charge in [0.1, 0.15) is 17.2 Å². The summed E-state index contributed by atoms with van der Waals surface area (Å²) in [5.74, 6) is 1.61. The largest absolute Gasteiger partial charge is 0.497 e. The summed E-state index contributed by atoms with van der Waals surface area (Å²) in [5.41, 5.74) is 1.42. The summed E-state index contributed by atoms with van der Waals surface area (Å²) in [6.45, 7) is 4.40. The lowest BCUT2D eigenvalue weighted by Crippen LogP contribution is -2.50. The van der Waals surface area contributed by atoms with Crippen molar-refractivity contribution in [1.29, 1.82) is 0 Å². The fourth-order valence-corrected chi connectivity index (χ4v) is 3.44. The molecule has 2 amide bonds. The van der Waals surface area contributed by atoms with Crippen LogP contribution in [0.15, 0.2) is 34.9 Å². The van der Waals surface area contributed by atoms with Crippen LogP contribution in [-0.4, -0.2) is 71.6 Å². The molecule has 9 heteroatoms. The van der Waals surface area contributed by atoms with E-state index in [-0.39, 0.29) is 18.4 Å². The SMILES string of the molecule is COc1ccc2cc(C(=O)N3CCN(CC(=O)Nc4cc(C)on4)CC3)[nH]c2c1. The van der Waals surface area contributed by atoms with Gasteiger partial charge in [0.25, 0.3) is 5.91 Å². The molecule has 1 aliphatic rings. The number of fused-ring (bicyclic) bond motifs is 1. The summed E-state index contributed by atoms with van der Waals surface area (Å²) in [7, 11) is 1.61. The number of methoxy groups -OCH3 is 1. The molecule has 29 heavy (non-hydrogen) atoms. The average Bonchev–Trinajstić information content (AvgIpc) is 3.33. The Morgan fingerprint density at radius 2 is 2.00 bits per heavy atom. The zero-order chi connectivity index (χ0) is 20.4. The molecule has 0 unspecified atom stereocenters. The zero-order valence-electron chi connectivity index (χ0n) is 16.4. The molecule has 1 aliphatic heterocycles. The number of carbonyl (C=O) groups excluding carboxylic acids is 2. The van der Waals surface area contributed by atoms with Crippen LogP contribution in [0.25, 0.3) is 10.9 Å². The second-order valence-electron chi connectivity index (χ2n) is 7.08. The number of aromatic nitrogens is 2. The lowest BCUT2D eigenvalue weighted by molar-refractivity contribution is -0.117. The minimum atomic E-state index is -0.150. The fraction of sp³-hybridized carbons (Fsp3) is 0.350. The molecular weight excluding hydrogens is 374 g/mol. The highest BCUT2D eigenvalue weighted by atomic mass is 16.5. The summed E-state index contributed by atoms with van der Waals surface area (Å²) in [6, 6.07) is 9.20. The summed E-state index contributed by atoms with van der Waals surface area (Å²) < 4.78 is 10.2. The Hall–Kier alpha value is -3.33. The Morgan fingerprint density at radius 1 is 1.21 bits per heavy atom. The van der Waals surface area contributed by atoms with E-state index in [9.17, 15) is 9.59 Å². The molecule has 0 spiro atoms. The normalized spacial score (nSPS) is 14.9. The van der Waals surface area contributed by atoms with Gasteiger partial charge in [-0.1, -0.05) is 5.16 Å². The Bertz CT molecular complexity index is 1030. The molecule has 2 N–H and O–H groups in total. The van der Waals surface area contributed by atoms with Gasteiger partial charge < -0.3 is 24.5 Å².